The van der Waals surface area contributed by atoms with Crippen molar-refractivity contribution < 1.29 is 13.0 Å². The summed E-state index contributed by atoms with van der Waals surface area (Å²) in [5.41, 5.74) is 0. The average Bonchev–Trinajstić information content (AvgIpc) is 1.63. The van der Waals surface area contributed by atoms with Gasteiger partial charge in [0.1, 0.15) is 0 Å². The lowest BCUT2D eigenvalue weighted by molar-refractivity contribution is 0.487. The average molecular weight is 147 g/mol. The van der Waals surface area contributed by atoms with E-state index in [4.69, 9.17) is 9.81 Å². The van der Waals surface area contributed by atoms with Crippen molar-refractivity contribution in [1.82, 2.24) is 0 Å². The van der Waals surface area contributed by atoms with Gasteiger partial charge in [-0.3, -0.25) is 4.55 Å². The minimum Gasteiger partial charge on any atom is -0.285 e. The third-order valence-corrected chi connectivity index (χ3v) is 1.11. The minimum absolute atomic E-state index is 0.499. The third kappa shape index (κ3) is 7.14. The Morgan fingerprint density at radius 3 is 2.56 bits per heavy atom. The van der Waals surface area contributed by atoms with Gasteiger partial charge in [0.25, 0.3) is 10.1 Å². The fourth-order valence-electron chi connectivity index (χ4n) is 0.222. The predicted octanol–water partition coefficient (Wildman–Crippen LogP) is -0.0460. The largest absolute Gasteiger partial charge is 0.285 e. The van der Waals surface area contributed by atoms with Crippen LogP contribution < -0.4 is 0 Å². The number of allylic oxidation sites excluding steroid dienone is 1. The predicted molar refractivity (Wildman–Crippen MR) is 31.2 cm³/mol. The molecule has 9 heavy (non-hydrogen) atoms. The van der Waals surface area contributed by atoms with Crippen molar-refractivity contribution in [2.45, 2.75) is 0 Å². The van der Waals surface area contributed by atoms with Crippen LogP contribution in [0.1, 0.15) is 0 Å². The Labute approximate surface area is 53.2 Å². The van der Waals surface area contributed by atoms with Crippen molar-refractivity contribution in [3.8, 4) is 6.07 Å². The molecule has 0 saturated carbocycles. The topological polar surface area (TPSA) is 78.2 Å². The van der Waals surface area contributed by atoms with Crippen LogP contribution in [0.15, 0.2) is 12.2 Å². The molecule has 0 aromatic heterocycles. The van der Waals surface area contributed by atoms with E-state index in [9.17, 15) is 8.42 Å². The van der Waals surface area contributed by atoms with Gasteiger partial charge in [0.05, 0.1) is 11.8 Å². The van der Waals surface area contributed by atoms with Gasteiger partial charge in [0, 0.05) is 6.08 Å². The van der Waals surface area contributed by atoms with E-state index in [0.717, 1.165) is 12.2 Å². The Balaban J connectivity index is 3.83. The minimum atomic E-state index is -3.93. The summed E-state index contributed by atoms with van der Waals surface area (Å²) in [7, 11) is -3.93. The highest BCUT2D eigenvalue weighted by Crippen LogP contribution is 1.81. The Hall–Kier alpha value is -0.860. The molecule has 0 saturated heterocycles. The van der Waals surface area contributed by atoms with Gasteiger partial charge in [0.15, 0.2) is 0 Å². The van der Waals surface area contributed by atoms with E-state index in [2.05, 4.69) is 0 Å². The number of nitriles is 1. The lowest BCUT2D eigenvalue weighted by Gasteiger charge is -1.83. The van der Waals surface area contributed by atoms with Crippen molar-refractivity contribution in [3.05, 3.63) is 12.2 Å². The summed E-state index contributed by atoms with van der Waals surface area (Å²) in [5, 5.41) is 7.85. The maximum absolute atomic E-state index is 9.90. The van der Waals surface area contributed by atoms with Crippen LogP contribution in [0.3, 0.4) is 0 Å². The van der Waals surface area contributed by atoms with Crippen LogP contribution in [0.5, 0.6) is 0 Å². The molecule has 4 nitrogen and oxygen atoms in total. The number of nitrogens with zero attached hydrogens (tertiary/aromatic N) is 1. The highest BCUT2D eigenvalue weighted by atomic mass is 32.2. The highest BCUT2D eigenvalue weighted by Gasteiger charge is 1.97. The molecular formula is C4H5NO3S. The molecule has 0 aromatic rings. The zero-order valence-corrected chi connectivity index (χ0v) is 5.30. The smallest absolute Gasteiger partial charge is 0.268 e. The van der Waals surface area contributed by atoms with Gasteiger partial charge >= 0.3 is 0 Å². The first-order chi connectivity index (χ1) is 4.06. The zero-order chi connectivity index (χ0) is 7.33. The van der Waals surface area contributed by atoms with Crippen molar-refractivity contribution in [3.63, 3.8) is 0 Å². The molecule has 0 aromatic carbocycles. The Bertz CT molecular complexity index is 233. The molecule has 1 N–H and O–H groups in total. The molecule has 0 spiro atoms. The monoisotopic (exact) mass is 147 g/mol. The molecular weight excluding hydrogens is 142 g/mol. The Morgan fingerprint density at radius 1 is 1.67 bits per heavy atom. The van der Waals surface area contributed by atoms with Crippen LogP contribution in [0.2, 0.25) is 0 Å². The van der Waals surface area contributed by atoms with Crippen LogP contribution in [0.25, 0.3) is 0 Å². The quantitative estimate of drug-likeness (QED) is 0.439. The van der Waals surface area contributed by atoms with E-state index in [1.54, 1.807) is 6.07 Å². The van der Waals surface area contributed by atoms with E-state index >= 15 is 0 Å². The first kappa shape index (κ1) is 8.14. The van der Waals surface area contributed by atoms with Gasteiger partial charge in [-0.05, 0) is 0 Å². The molecule has 0 aliphatic heterocycles. The van der Waals surface area contributed by atoms with Gasteiger partial charge in [-0.25, -0.2) is 0 Å². The zero-order valence-electron chi connectivity index (χ0n) is 4.48. The first-order valence-electron chi connectivity index (χ1n) is 2.06. The van der Waals surface area contributed by atoms with Gasteiger partial charge in [-0.15, -0.1) is 0 Å². The molecule has 0 aliphatic carbocycles. The summed E-state index contributed by atoms with van der Waals surface area (Å²) >= 11 is 0. The van der Waals surface area contributed by atoms with E-state index in [-0.39, 0.29) is 0 Å². The van der Waals surface area contributed by atoms with Gasteiger partial charge in [-0.2, -0.15) is 13.7 Å². The lowest BCUT2D eigenvalue weighted by atomic mass is 10.6. The van der Waals surface area contributed by atoms with E-state index in [1.807, 2.05) is 0 Å². The molecule has 0 fully saturated rings. The van der Waals surface area contributed by atoms with Crippen LogP contribution in [0.4, 0.5) is 0 Å². The maximum atomic E-state index is 9.90. The molecule has 0 rings (SSSR count). The van der Waals surface area contributed by atoms with Crippen LogP contribution in [0, 0.1) is 11.3 Å². The van der Waals surface area contributed by atoms with Crippen molar-refractivity contribution in [1.29, 1.82) is 5.26 Å². The highest BCUT2D eigenvalue weighted by molar-refractivity contribution is 7.85. The van der Waals surface area contributed by atoms with Gasteiger partial charge in [0.2, 0.25) is 0 Å². The second-order valence-corrected chi connectivity index (χ2v) is 2.78. The summed E-state index contributed by atoms with van der Waals surface area (Å²) < 4.78 is 27.9. The molecule has 0 unspecified atom stereocenters. The van der Waals surface area contributed by atoms with E-state index in [1.165, 1.54) is 0 Å². The number of rotatable bonds is 2. The second-order valence-electron chi connectivity index (χ2n) is 1.28. The second kappa shape index (κ2) is 3.22. The van der Waals surface area contributed by atoms with Crippen LogP contribution >= 0.6 is 0 Å². The standard InChI is InChI=1S/C4H5NO3S/c5-3-1-2-4-9(6,7)8/h1-2H,4H2,(H,6,7,8)/b2-1+. The third-order valence-electron chi connectivity index (χ3n) is 0.499. The fourth-order valence-corrected chi connectivity index (χ4v) is 0.562. The molecule has 50 valence electrons. The molecule has 0 amide bonds. The number of hydrogen-bond acceptors (Lipinski definition) is 3. The summed E-state index contributed by atoms with van der Waals surface area (Å²) in [6, 6.07) is 1.58. The molecule has 0 radical (unpaired) electrons. The van der Waals surface area contributed by atoms with Gasteiger partial charge in [-0.1, -0.05) is 6.08 Å². The lowest BCUT2D eigenvalue weighted by Crippen LogP contribution is -1.99. The number of hydrogen-bond donors (Lipinski definition) is 1. The summed E-state index contributed by atoms with van der Waals surface area (Å²) in [6.45, 7) is 0. The fraction of sp³-hybridized carbons (Fsp3) is 0.250. The molecule has 0 bridgehead atoms. The first-order valence-corrected chi connectivity index (χ1v) is 3.67. The van der Waals surface area contributed by atoms with E-state index in [0.29, 0.717) is 0 Å². The van der Waals surface area contributed by atoms with Crippen LogP contribution in [-0.4, -0.2) is 18.7 Å². The molecule has 0 aliphatic rings. The Kier molecular flexibility index (Phi) is 2.91. The normalized spacial score (nSPS) is 11.6. The maximum Gasteiger partial charge on any atom is 0.268 e. The van der Waals surface area contributed by atoms with Gasteiger partial charge < -0.3 is 0 Å². The molecule has 0 heterocycles. The Morgan fingerprint density at radius 2 is 2.22 bits per heavy atom. The van der Waals surface area contributed by atoms with E-state index < -0.39 is 15.9 Å². The van der Waals surface area contributed by atoms with Crippen molar-refractivity contribution >= 4 is 10.1 Å². The molecule has 0 atom stereocenters. The summed E-state index contributed by atoms with van der Waals surface area (Å²) in [4.78, 5) is 0. The molecule has 5 heteroatoms. The van der Waals surface area contributed by atoms with Crippen LogP contribution in [-0.2, 0) is 10.1 Å². The summed E-state index contributed by atoms with van der Waals surface area (Å²) in [6.07, 6.45) is 2.06. The summed E-state index contributed by atoms with van der Waals surface area (Å²) in [5.74, 6) is -0.499. The van der Waals surface area contributed by atoms with Crippen molar-refractivity contribution in [2.75, 3.05) is 5.75 Å². The van der Waals surface area contributed by atoms with Crippen molar-refractivity contribution in [2.24, 2.45) is 0 Å². The SMILES string of the molecule is N#C/C=C/CS(=O)(=O)O.